The van der Waals surface area contributed by atoms with Crippen molar-refractivity contribution in [1.29, 1.82) is 0 Å². The molecule has 17 heavy (non-hydrogen) atoms. The summed E-state index contributed by atoms with van der Waals surface area (Å²) < 4.78 is 6.44. The van der Waals surface area contributed by atoms with Crippen LogP contribution in [-0.4, -0.2) is 8.32 Å². The Balaban J connectivity index is 2.03. The first-order chi connectivity index (χ1) is 7.58. The molecule has 0 aromatic carbocycles. The molecule has 0 heterocycles. The van der Waals surface area contributed by atoms with E-state index in [1.807, 2.05) is 0 Å². The van der Waals surface area contributed by atoms with Gasteiger partial charge < -0.3 is 4.43 Å². The lowest BCUT2D eigenvalue weighted by molar-refractivity contribution is 0.295. The molecule has 98 valence electrons. The van der Waals surface area contributed by atoms with Crippen LogP contribution >= 0.6 is 0 Å². The summed E-state index contributed by atoms with van der Waals surface area (Å²) in [5, 5.41) is 0.311. The van der Waals surface area contributed by atoms with Crippen LogP contribution in [0.5, 0.6) is 0 Å². The minimum Gasteiger partial charge on any atom is -0.547 e. The largest absolute Gasteiger partial charge is 0.547 e. The first-order valence-electron chi connectivity index (χ1n) is 6.98. The molecule has 0 saturated heterocycles. The van der Waals surface area contributed by atoms with E-state index in [1.165, 1.54) is 18.6 Å². The SMILES string of the molecule is CC(C)[C@]12CC(O[Si](C)(C)C(C)(C)C)=C[C@H]1C2. The van der Waals surface area contributed by atoms with E-state index in [1.54, 1.807) is 0 Å². The molecule has 1 nitrogen and oxygen atoms in total. The second kappa shape index (κ2) is 3.63. The maximum absolute atomic E-state index is 6.44. The standard InChI is InChI=1S/C15H28OSi/c1-11(2)15-9-12(15)8-13(10-15)16-17(6,7)14(3,4)5/h8,11-12H,9-10H2,1-7H3/t12-,15-/m0/s1. The predicted molar refractivity (Wildman–Crippen MR) is 76.4 cm³/mol. The normalized spacial score (nSPS) is 32.5. The lowest BCUT2D eigenvalue weighted by atomic mass is 9.89. The van der Waals surface area contributed by atoms with E-state index < -0.39 is 8.32 Å². The van der Waals surface area contributed by atoms with Crippen molar-refractivity contribution in [3.8, 4) is 0 Å². The maximum atomic E-state index is 6.44. The van der Waals surface area contributed by atoms with Crippen LogP contribution in [0.25, 0.3) is 0 Å². The van der Waals surface area contributed by atoms with Crippen LogP contribution in [0.4, 0.5) is 0 Å². The van der Waals surface area contributed by atoms with Gasteiger partial charge in [0.15, 0.2) is 0 Å². The van der Waals surface area contributed by atoms with E-state index in [0.717, 1.165) is 11.8 Å². The minimum absolute atomic E-state index is 0.311. The van der Waals surface area contributed by atoms with Gasteiger partial charge in [0.05, 0.1) is 5.76 Å². The molecule has 0 radical (unpaired) electrons. The summed E-state index contributed by atoms with van der Waals surface area (Å²) in [5.41, 5.74) is 0.581. The van der Waals surface area contributed by atoms with E-state index in [-0.39, 0.29) is 0 Å². The van der Waals surface area contributed by atoms with E-state index in [0.29, 0.717) is 10.5 Å². The number of hydrogen-bond acceptors (Lipinski definition) is 1. The van der Waals surface area contributed by atoms with Gasteiger partial charge >= 0.3 is 0 Å². The van der Waals surface area contributed by atoms with Crippen molar-refractivity contribution >= 4 is 8.32 Å². The summed E-state index contributed by atoms with van der Waals surface area (Å²) in [6.45, 7) is 16.4. The molecule has 2 atom stereocenters. The van der Waals surface area contributed by atoms with Gasteiger partial charge in [0, 0.05) is 6.42 Å². The second-order valence-electron chi connectivity index (χ2n) is 7.87. The van der Waals surface area contributed by atoms with Crippen LogP contribution in [0.15, 0.2) is 11.8 Å². The third-order valence-electron chi connectivity index (χ3n) is 5.41. The minimum atomic E-state index is -1.61. The zero-order valence-electron chi connectivity index (χ0n) is 12.6. The highest BCUT2D eigenvalue weighted by atomic mass is 28.4. The van der Waals surface area contributed by atoms with Gasteiger partial charge in [-0.2, -0.15) is 0 Å². The molecule has 0 amide bonds. The van der Waals surface area contributed by atoms with E-state index in [2.05, 4.69) is 53.8 Å². The molecule has 0 unspecified atom stereocenters. The van der Waals surface area contributed by atoms with Crippen LogP contribution < -0.4 is 0 Å². The van der Waals surface area contributed by atoms with Gasteiger partial charge in [0.1, 0.15) is 0 Å². The second-order valence-corrected chi connectivity index (χ2v) is 12.6. The lowest BCUT2D eigenvalue weighted by Gasteiger charge is -2.37. The van der Waals surface area contributed by atoms with Crippen molar-refractivity contribution in [3.05, 3.63) is 11.8 Å². The highest BCUT2D eigenvalue weighted by Gasteiger charge is 2.59. The fourth-order valence-corrected chi connectivity index (χ4v) is 3.91. The summed E-state index contributed by atoms with van der Waals surface area (Å²) in [6.07, 6.45) is 5.03. The van der Waals surface area contributed by atoms with Crippen molar-refractivity contribution in [3.63, 3.8) is 0 Å². The smallest absolute Gasteiger partial charge is 0.250 e. The fourth-order valence-electron chi connectivity index (χ4n) is 2.81. The number of hydrogen-bond donors (Lipinski definition) is 0. The Morgan fingerprint density at radius 1 is 1.35 bits per heavy atom. The van der Waals surface area contributed by atoms with Gasteiger partial charge in [-0.1, -0.05) is 34.6 Å². The summed E-state index contributed by atoms with van der Waals surface area (Å²) in [6, 6.07) is 0. The monoisotopic (exact) mass is 252 g/mol. The summed E-state index contributed by atoms with van der Waals surface area (Å²) in [4.78, 5) is 0. The Labute approximate surface area is 108 Å². The highest BCUT2D eigenvalue weighted by Crippen LogP contribution is 2.66. The number of allylic oxidation sites excluding steroid dienone is 2. The molecule has 0 aliphatic heterocycles. The molecular formula is C15H28OSi. The number of fused-ring (bicyclic) bond motifs is 1. The van der Waals surface area contributed by atoms with Gasteiger partial charge in [-0.15, -0.1) is 0 Å². The first-order valence-corrected chi connectivity index (χ1v) is 9.89. The van der Waals surface area contributed by atoms with Gasteiger partial charge in [0.25, 0.3) is 0 Å². The Kier molecular flexibility index (Phi) is 2.82. The maximum Gasteiger partial charge on any atom is 0.250 e. The van der Waals surface area contributed by atoms with Crippen LogP contribution in [0.2, 0.25) is 18.1 Å². The van der Waals surface area contributed by atoms with Crippen molar-refractivity contribution in [2.75, 3.05) is 0 Å². The third kappa shape index (κ3) is 2.09. The Morgan fingerprint density at radius 3 is 2.35 bits per heavy atom. The Morgan fingerprint density at radius 2 is 1.94 bits per heavy atom. The molecule has 1 saturated carbocycles. The first kappa shape index (κ1) is 13.2. The van der Waals surface area contributed by atoms with Crippen molar-refractivity contribution in [1.82, 2.24) is 0 Å². The van der Waals surface area contributed by atoms with E-state index in [9.17, 15) is 0 Å². The molecule has 2 heteroatoms. The molecule has 2 rings (SSSR count). The number of rotatable bonds is 3. The van der Waals surface area contributed by atoms with Crippen LogP contribution in [0, 0.1) is 17.3 Å². The molecule has 0 aromatic heterocycles. The van der Waals surface area contributed by atoms with Gasteiger partial charge in [-0.05, 0) is 47.9 Å². The fraction of sp³-hybridized carbons (Fsp3) is 0.867. The quantitative estimate of drug-likeness (QED) is 0.645. The third-order valence-corrected chi connectivity index (χ3v) is 9.80. The molecule has 0 aromatic rings. The molecule has 1 fully saturated rings. The summed E-state index contributed by atoms with van der Waals surface area (Å²) in [5.74, 6) is 2.92. The highest BCUT2D eigenvalue weighted by molar-refractivity contribution is 6.74. The van der Waals surface area contributed by atoms with Crippen molar-refractivity contribution in [2.45, 2.75) is 65.6 Å². The average molecular weight is 252 g/mol. The molecule has 0 spiro atoms. The molecule has 0 N–H and O–H groups in total. The topological polar surface area (TPSA) is 9.23 Å². The average Bonchev–Trinajstić information content (AvgIpc) is 2.68. The Bertz CT molecular complexity index is 348. The van der Waals surface area contributed by atoms with Crippen molar-refractivity contribution in [2.24, 2.45) is 17.3 Å². The molecular weight excluding hydrogens is 224 g/mol. The Hall–Kier alpha value is -0.243. The van der Waals surface area contributed by atoms with Crippen LogP contribution in [0.1, 0.15) is 47.5 Å². The van der Waals surface area contributed by atoms with E-state index >= 15 is 0 Å². The summed E-state index contributed by atoms with van der Waals surface area (Å²) >= 11 is 0. The predicted octanol–water partition coefficient (Wildman–Crippen LogP) is 4.96. The van der Waals surface area contributed by atoms with Crippen LogP contribution in [-0.2, 0) is 4.43 Å². The van der Waals surface area contributed by atoms with Crippen molar-refractivity contribution < 1.29 is 4.43 Å². The molecule has 2 aliphatic rings. The van der Waals surface area contributed by atoms with Crippen LogP contribution in [0.3, 0.4) is 0 Å². The van der Waals surface area contributed by atoms with Gasteiger partial charge in [-0.25, -0.2) is 0 Å². The van der Waals surface area contributed by atoms with Gasteiger partial charge in [-0.3, -0.25) is 0 Å². The summed E-state index contributed by atoms with van der Waals surface area (Å²) in [7, 11) is -1.61. The zero-order valence-corrected chi connectivity index (χ0v) is 13.6. The van der Waals surface area contributed by atoms with E-state index in [4.69, 9.17) is 4.43 Å². The molecule has 0 bridgehead atoms. The zero-order chi connectivity index (χ0) is 13.1. The molecule has 2 aliphatic carbocycles. The van der Waals surface area contributed by atoms with Gasteiger partial charge in [0.2, 0.25) is 8.32 Å². The lowest BCUT2D eigenvalue weighted by Crippen LogP contribution is -2.40.